The highest BCUT2D eigenvalue weighted by molar-refractivity contribution is 6.42. The molecule has 22 heavy (non-hydrogen) atoms. The molecule has 1 aliphatic heterocycles. The highest BCUT2D eigenvalue weighted by Crippen LogP contribution is 2.10. The quantitative estimate of drug-likeness (QED) is 0.688. The third kappa shape index (κ3) is 3.26. The van der Waals surface area contributed by atoms with Gasteiger partial charge in [-0.25, -0.2) is 0 Å². The van der Waals surface area contributed by atoms with Gasteiger partial charge < -0.3 is 9.88 Å². The van der Waals surface area contributed by atoms with Crippen LogP contribution in [0.2, 0.25) is 0 Å². The Morgan fingerprint density at radius 1 is 0.955 bits per heavy atom. The van der Waals surface area contributed by atoms with Crippen LogP contribution in [0.5, 0.6) is 0 Å². The largest absolute Gasteiger partial charge is 0.358 e. The van der Waals surface area contributed by atoms with Crippen LogP contribution < -0.4 is 0 Å². The molecule has 1 N–H and O–H groups in total. The lowest BCUT2D eigenvalue weighted by Crippen LogP contribution is -2.50. The van der Waals surface area contributed by atoms with Crippen molar-refractivity contribution in [1.29, 1.82) is 0 Å². The first kappa shape index (κ1) is 14.5. The summed E-state index contributed by atoms with van der Waals surface area (Å²) >= 11 is 0. The number of carbonyl (C=O) groups excluding carboxylic acids is 2. The molecule has 0 aliphatic carbocycles. The molecule has 5 nitrogen and oxygen atoms in total. The molecule has 0 atom stereocenters. The lowest BCUT2D eigenvalue weighted by molar-refractivity contribution is -0.128. The van der Waals surface area contributed by atoms with Crippen molar-refractivity contribution in [1.82, 2.24) is 14.8 Å². The molecule has 2 heterocycles. The monoisotopic (exact) mass is 297 g/mol. The topological polar surface area (TPSA) is 56.4 Å². The first-order valence-corrected chi connectivity index (χ1v) is 7.47. The van der Waals surface area contributed by atoms with E-state index >= 15 is 0 Å². The van der Waals surface area contributed by atoms with Gasteiger partial charge >= 0.3 is 0 Å². The Morgan fingerprint density at radius 3 is 2.32 bits per heavy atom. The van der Waals surface area contributed by atoms with Crippen LogP contribution in [-0.2, 0) is 11.3 Å². The van der Waals surface area contributed by atoms with Crippen molar-refractivity contribution >= 4 is 11.7 Å². The molecule has 0 saturated carbocycles. The summed E-state index contributed by atoms with van der Waals surface area (Å²) in [6, 6.07) is 13.6. The highest BCUT2D eigenvalue weighted by Gasteiger charge is 2.27. The average Bonchev–Trinajstić information content (AvgIpc) is 3.10. The van der Waals surface area contributed by atoms with Gasteiger partial charge in [0.1, 0.15) is 0 Å². The number of ketones is 1. The molecular formula is C17H19N3O2. The van der Waals surface area contributed by atoms with Crippen molar-refractivity contribution in [2.75, 3.05) is 26.2 Å². The number of Topliss-reactive ketones (excluding diaryl/α,β-unsaturated/α-hetero) is 1. The smallest absolute Gasteiger partial charge is 0.296 e. The van der Waals surface area contributed by atoms with Crippen LogP contribution in [0.25, 0.3) is 0 Å². The Bertz CT molecular complexity index is 629. The van der Waals surface area contributed by atoms with Gasteiger partial charge in [0.05, 0.1) is 5.69 Å². The standard InChI is InChI=1S/C17H19N3O2/c21-16(15-7-4-8-18-15)17(22)20-11-9-19(10-12-20)13-14-5-2-1-3-6-14/h1-8,18H,9-13H2. The second kappa shape index (κ2) is 6.58. The van der Waals surface area contributed by atoms with Crippen LogP contribution in [0.4, 0.5) is 0 Å². The van der Waals surface area contributed by atoms with Gasteiger partial charge in [-0.05, 0) is 17.7 Å². The number of rotatable bonds is 4. The predicted octanol–water partition coefficient (Wildman–Crippen LogP) is 1.54. The molecule has 1 saturated heterocycles. The summed E-state index contributed by atoms with van der Waals surface area (Å²) in [5, 5.41) is 0. The van der Waals surface area contributed by atoms with E-state index in [1.807, 2.05) is 18.2 Å². The Morgan fingerprint density at radius 2 is 1.68 bits per heavy atom. The minimum atomic E-state index is -0.457. The fraction of sp³-hybridized carbons (Fsp3) is 0.294. The van der Waals surface area contributed by atoms with Crippen LogP contribution >= 0.6 is 0 Å². The first-order valence-electron chi connectivity index (χ1n) is 7.47. The molecule has 1 aliphatic rings. The van der Waals surface area contributed by atoms with Gasteiger partial charge in [-0.1, -0.05) is 30.3 Å². The number of nitrogens with zero attached hydrogens (tertiary/aromatic N) is 2. The molecule has 1 fully saturated rings. The zero-order valence-electron chi connectivity index (χ0n) is 12.4. The molecule has 1 aromatic heterocycles. The molecule has 0 radical (unpaired) electrons. The van der Waals surface area contributed by atoms with E-state index < -0.39 is 11.7 Å². The van der Waals surface area contributed by atoms with E-state index in [1.54, 1.807) is 23.2 Å². The summed E-state index contributed by atoms with van der Waals surface area (Å²) in [6.45, 7) is 3.65. The Labute approximate surface area is 129 Å². The zero-order valence-corrected chi connectivity index (χ0v) is 12.4. The maximum atomic E-state index is 12.2. The van der Waals surface area contributed by atoms with E-state index in [0.29, 0.717) is 18.8 Å². The summed E-state index contributed by atoms with van der Waals surface area (Å²) in [4.78, 5) is 31.0. The lowest BCUT2D eigenvalue weighted by atomic mass is 10.2. The van der Waals surface area contributed by atoms with Crippen LogP contribution in [0.15, 0.2) is 48.7 Å². The van der Waals surface area contributed by atoms with E-state index in [9.17, 15) is 9.59 Å². The number of amides is 1. The molecular weight excluding hydrogens is 278 g/mol. The van der Waals surface area contributed by atoms with E-state index in [4.69, 9.17) is 0 Å². The minimum absolute atomic E-state index is 0.358. The first-order chi connectivity index (χ1) is 10.7. The van der Waals surface area contributed by atoms with Gasteiger partial charge in [0.15, 0.2) is 0 Å². The lowest BCUT2D eigenvalue weighted by Gasteiger charge is -2.34. The second-order valence-electron chi connectivity index (χ2n) is 5.47. The van der Waals surface area contributed by atoms with Crippen molar-refractivity contribution in [2.24, 2.45) is 0 Å². The molecule has 114 valence electrons. The molecule has 2 aromatic rings. The van der Waals surface area contributed by atoms with E-state index in [2.05, 4.69) is 22.0 Å². The second-order valence-corrected chi connectivity index (χ2v) is 5.47. The number of aromatic nitrogens is 1. The fourth-order valence-electron chi connectivity index (χ4n) is 2.68. The van der Waals surface area contributed by atoms with Gasteiger partial charge in [-0.3, -0.25) is 14.5 Å². The maximum absolute atomic E-state index is 12.2. The number of hydrogen-bond donors (Lipinski definition) is 1. The van der Waals surface area contributed by atoms with Crippen molar-refractivity contribution in [3.63, 3.8) is 0 Å². The number of piperazine rings is 1. The number of hydrogen-bond acceptors (Lipinski definition) is 3. The molecule has 0 unspecified atom stereocenters. The third-order valence-electron chi connectivity index (χ3n) is 3.95. The summed E-state index contributed by atoms with van der Waals surface area (Å²) in [7, 11) is 0. The van der Waals surface area contributed by atoms with Crippen molar-refractivity contribution in [2.45, 2.75) is 6.54 Å². The number of benzene rings is 1. The predicted molar refractivity (Wildman–Crippen MR) is 83.4 cm³/mol. The molecule has 5 heteroatoms. The highest BCUT2D eigenvalue weighted by atomic mass is 16.2. The van der Waals surface area contributed by atoms with Crippen molar-refractivity contribution < 1.29 is 9.59 Å². The summed E-state index contributed by atoms with van der Waals surface area (Å²) < 4.78 is 0. The summed E-state index contributed by atoms with van der Waals surface area (Å²) in [5.41, 5.74) is 1.63. The Hall–Kier alpha value is -2.40. The van der Waals surface area contributed by atoms with Crippen LogP contribution in [0.1, 0.15) is 16.1 Å². The number of H-pyrrole nitrogens is 1. The van der Waals surface area contributed by atoms with Gasteiger partial charge in [-0.2, -0.15) is 0 Å². The van der Waals surface area contributed by atoms with Gasteiger partial charge in [0, 0.05) is 38.9 Å². The molecule has 0 spiro atoms. The minimum Gasteiger partial charge on any atom is -0.358 e. The van der Waals surface area contributed by atoms with Gasteiger partial charge in [-0.15, -0.1) is 0 Å². The van der Waals surface area contributed by atoms with Crippen molar-refractivity contribution in [3.8, 4) is 0 Å². The van der Waals surface area contributed by atoms with Crippen molar-refractivity contribution in [3.05, 3.63) is 59.9 Å². The number of aromatic amines is 1. The van der Waals surface area contributed by atoms with Gasteiger partial charge in [0.25, 0.3) is 11.7 Å². The van der Waals surface area contributed by atoms with Crippen LogP contribution in [-0.4, -0.2) is 52.7 Å². The van der Waals surface area contributed by atoms with Crippen LogP contribution in [0.3, 0.4) is 0 Å². The summed E-state index contributed by atoms with van der Waals surface area (Å²) in [6.07, 6.45) is 1.65. The Kier molecular flexibility index (Phi) is 4.34. The van der Waals surface area contributed by atoms with Gasteiger partial charge in [0.2, 0.25) is 0 Å². The third-order valence-corrected chi connectivity index (χ3v) is 3.95. The molecule has 3 rings (SSSR count). The normalized spacial score (nSPS) is 15.7. The van der Waals surface area contributed by atoms with Crippen LogP contribution in [0, 0.1) is 0 Å². The summed E-state index contributed by atoms with van der Waals surface area (Å²) in [5.74, 6) is -0.872. The average molecular weight is 297 g/mol. The number of carbonyl (C=O) groups is 2. The fourth-order valence-corrected chi connectivity index (χ4v) is 2.68. The van der Waals surface area contributed by atoms with E-state index in [0.717, 1.165) is 19.6 Å². The SMILES string of the molecule is O=C(C(=O)N1CCN(Cc2ccccc2)CC1)c1ccc[nH]1. The molecule has 0 bridgehead atoms. The number of nitrogens with one attached hydrogen (secondary N) is 1. The van der Waals surface area contributed by atoms with E-state index in [-0.39, 0.29) is 0 Å². The zero-order chi connectivity index (χ0) is 15.4. The van der Waals surface area contributed by atoms with E-state index in [1.165, 1.54) is 5.56 Å². The maximum Gasteiger partial charge on any atom is 0.296 e. The Balaban J connectivity index is 1.53. The molecule has 1 aromatic carbocycles. The molecule has 1 amide bonds.